The summed E-state index contributed by atoms with van der Waals surface area (Å²) in [4.78, 5) is 0. The summed E-state index contributed by atoms with van der Waals surface area (Å²) < 4.78 is 9.83. The second kappa shape index (κ2) is 8.82. The standard InChI is InChI=1S/2C9H12O2/c1-3-7-4-5-9(11-2)8(10)6-7;1-3-7-5-4-6-8(11-2)9(7)10/h2*4-6,10H,3H2,1-2H3. The van der Waals surface area contributed by atoms with Gasteiger partial charge >= 0.3 is 0 Å². The summed E-state index contributed by atoms with van der Waals surface area (Å²) in [7, 11) is 3.09. The molecular formula is C18H24O4. The van der Waals surface area contributed by atoms with E-state index in [2.05, 4.69) is 0 Å². The number of aryl methyl sites for hydroxylation is 2. The molecule has 2 aromatic rings. The summed E-state index contributed by atoms with van der Waals surface area (Å²) in [6, 6.07) is 10.9. The van der Waals surface area contributed by atoms with Gasteiger partial charge in [0, 0.05) is 0 Å². The van der Waals surface area contributed by atoms with Crippen LogP contribution in [0.3, 0.4) is 0 Å². The zero-order valence-electron chi connectivity index (χ0n) is 13.6. The minimum absolute atomic E-state index is 0.215. The number of aromatic hydroxyl groups is 2. The van der Waals surface area contributed by atoms with E-state index in [1.54, 1.807) is 32.4 Å². The first-order chi connectivity index (χ1) is 10.6. The van der Waals surface area contributed by atoms with Gasteiger partial charge in [-0.05, 0) is 42.2 Å². The summed E-state index contributed by atoms with van der Waals surface area (Å²) in [6.07, 6.45) is 1.75. The Kier molecular flexibility index (Phi) is 7.09. The fourth-order valence-electron chi connectivity index (χ4n) is 1.97. The zero-order valence-corrected chi connectivity index (χ0v) is 13.6. The molecule has 0 heterocycles. The molecule has 0 amide bonds. The largest absolute Gasteiger partial charge is 0.504 e. The van der Waals surface area contributed by atoms with Gasteiger partial charge in [0.1, 0.15) is 0 Å². The summed E-state index contributed by atoms with van der Waals surface area (Å²) in [5, 5.41) is 18.8. The maximum absolute atomic E-state index is 9.46. The van der Waals surface area contributed by atoms with E-state index in [9.17, 15) is 10.2 Å². The Balaban J connectivity index is 0.000000220. The molecule has 2 rings (SSSR count). The van der Waals surface area contributed by atoms with Crippen molar-refractivity contribution in [1.29, 1.82) is 0 Å². The number of phenols is 2. The molecular weight excluding hydrogens is 280 g/mol. The first kappa shape index (κ1) is 17.7. The van der Waals surface area contributed by atoms with Crippen molar-refractivity contribution >= 4 is 0 Å². The Morgan fingerprint density at radius 2 is 1.55 bits per heavy atom. The lowest BCUT2D eigenvalue weighted by atomic mass is 10.1. The number of benzene rings is 2. The van der Waals surface area contributed by atoms with Crippen LogP contribution in [0.1, 0.15) is 25.0 Å². The highest BCUT2D eigenvalue weighted by atomic mass is 16.5. The Morgan fingerprint density at radius 3 is 2.05 bits per heavy atom. The maximum atomic E-state index is 9.46. The van der Waals surface area contributed by atoms with Crippen molar-refractivity contribution < 1.29 is 19.7 Å². The van der Waals surface area contributed by atoms with E-state index in [0.29, 0.717) is 11.5 Å². The molecule has 120 valence electrons. The normalized spacial score (nSPS) is 9.64. The van der Waals surface area contributed by atoms with Crippen molar-refractivity contribution in [1.82, 2.24) is 0 Å². The second-order valence-corrected chi connectivity index (χ2v) is 4.68. The SMILES string of the molecule is CCc1ccc(OC)c(O)c1.CCc1cccc(OC)c1O. The molecule has 0 bridgehead atoms. The van der Waals surface area contributed by atoms with Crippen molar-refractivity contribution in [3.8, 4) is 23.0 Å². The van der Waals surface area contributed by atoms with Gasteiger partial charge in [0.05, 0.1) is 14.2 Å². The molecule has 0 radical (unpaired) electrons. The predicted octanol–water partition coefficient (Wildman–Crippen LogP) is 3.93. The van der Waals surface area contributed by atoms with Crippen LogP contribution < -0.4 is 9.47 Å². The molecule has 0 saturated heterocycles. The molecule has 4 heteroatoms. The molecule has 0 aliphatic rings. The van der Waals surface area contributed by atoms with Crippen molar-refractivity contribution in [2.45, 2.75) is 26.7 Å². The quantitative estimate of drug-likeness (QED) is 0.898. The average molecular weight is 304 g/mol. The van der Waals surface area contributed by atoms with Gasteiger partial charge in [0.2, 0.25) is 0 Å². The first-order valence-corrected chi connectivity index (χ1v) is 7.28. The minimum atomic E-state index is 0.215. The van der Waals surface area contributed by atoms with Crippen LogP contribution in [0.15, 0.2) is 36.4 Å². The fourth-order valence-corrected chi connectivity index (χ4v) is 1.97. The van der Waals surface area contributed by atoms with E-state index < -0.39 is 0 Å². The molecule has 0 unspecified atom stereocenters. The average Bonchev–Trinajstić information content (AvgIpc) is 2.55. The molecule has 0 aliphatic carbocycles. The van der Waals surface area contributed by atoms with Crippen LogP contribution in [-0.2, 0) is 12.8 Å². The highest BCUT2D eigenvalue weighted by Gasteiger charge is 2.03. The Labute approximate surface area is 131 Å². The third-order valence-corrected chi connectivity index (χ3v) is 3.33. The van der Waals surface area contributed by atoms with Crippen molar-refractivity contribution in [3.05, 3.63) is 47.5 Å². The number of methoxy groups -OCH3 is 2. The molecule has 0 spiro atoms. The van der Waals surface area contributed by atoms with Crippen LogP contribution in [0, 0.1) is 0 Å². The summed E-state index contributed by atoms with van der Waals surface area (Å²) >= 11 is 0. The van der Waals surface area contributed by atoms with E-state index in [0.717, 1.165) is 24.0 Å². The van der Waals surface area contributed by atoms with Gasteiger partial charge in [-0.15, -0.1) is 0 Å². The van der Waals surface area contributed by atoms with E-state index >= 15 is 0 Å². The van der Waals surface area contributed by atoms with Gasteiger partial charge in [-0.3, -0.25) is 0 Å². The third kappa shape index (κ3) is 4.58. The Hall–Kier alpha value is -2.36. The minimum Gasteiger partial charge on any atom is -0.504 e. The second-order valence-electron chi connectivity index (χ2n) is 4.68. The van der Waals surface area contributed by atoms with E-state index in [1.807, 2.05) is 32.0 Å². The molecule has 0 atom stereocenters. The Bertz CT molecular complexity index is 571. The number of ether oxygens (including phenoxy) is 2. The molecule has 0 saturated carbocycles. The van der Waals surface area contributed by atoms with Crippen LogP contribution in [0.2, 0.25) is 0 Å². The van der Waals surface area contributed by atoms with Crippen molar-refractivity contribution in [2.24, 2.45) is 0 Å². The van der Waals surface area contributed by atoms with Gasteiger partial charge in [-0.1, -0.05) is 32.0 Å². The van der Waals surface area contributed by atoms with Crippen molar-refractivity contribution in [2.75, 3.05) is 14.2 Å². The van der Waals surface area contributed by atoms with Gasteiger partial charge < -0.3 is 19.7 Å². The highest BCUT2D eigenvalue weighted by molar-refractivity contribution is 5.45. The number of hydrogen-bond donors (Lipinski definition) is 2. The molecule has 4 nitrogen and oxygen atoms in total. The molecule has 0 aromatic heterocycles. The Morgan fingerprint density at radius 1 is 0.864 bits per heavy atom. The van der Waals surface area contributed by atoms with Crippen LogP contribution in [0.4, 0.5) is 0 Å². The smallest absolute Gasteiger partial charge is 0.160 e. The summed E-state index contributed by atoms with van der Waals surface area (Å²) in [5.74, 6) is 1.55. The number of phenolic OH excluding ortho intramolecular Hbond substituents is 2. The summed E-state index contributed by atoms with van der Waals surface area (Å²) in [5.41, 5.74) is 2.03. The summed E-state index contributed by atoms with van der Waals surface area (Å²) in [6.45, 7) is 4.04. The topological polar surface area (TPSA) is 58.9 Å². The van der Waals surface area contributed by atoms with Crippen LogP contribution in [-0.4, -0.2) is 24.4 Å². The van der Waals surface area contributed by atoms with Crippen LogP contribution in [0.5, 0.6) is 23.0 Å². The van der Waals surface area contributed by atoms with Gasteiger partial charge in [-0.25, -0.2) is 0 Å². The van der Waals surface area contributed by atoms with Crippen LogP contribution in [0.25, 0.3) is 0 Å². The number of rotatable bonds is 4. The fraction of sp³-hybridized carbons (Fsp3) is 0.333. The number of hydrogen-bond acceptors (Lipinski definition) is 4. The molecule has 0 fully saturated rings. The lowest BCUT2D eigenvalue weighted by Gasteiger charge is -2.05. The molecule has 2 aromatic carbocycles. The molecule has 22 heavy (non-hydrogen) atoms. The zero-order chi connectivity index (χ0) is 16.5. The van der Waals surface area contributed by atoms with Gasteiger partial charge in [0.15, 0.2) is 23.0 Å². The van der Waals surface area contributed by atoms with E-state index in [4.69, 9.17) is 9.47 Å². The third-order valence-electron chi connectivity index (χ3n) is 3.33. The number of para-hydroxylation sites is 1. The lowest BCUT2D eigenvalue weighted by molar-refractivity contribution is 0.371. The monoisotopic (exact) mass is 304 g/mol. The maximum Gasteiger partial charge on any atom is 0.160 e. The van der Waals surface area contributed by atoms with E-state index in [1.165, 1.54) is 0 Å². The van der Waals surface area contributed by atoms with Crippen molar-refractivity contribution in [3.63, 3.8) is 0 Å². The van der Waals surface area contributed by atoms with Crippen LogP contribution >= 0.6 is 0 Å². The highest BCUT2D eigenvalue weighted by Crippen LogP contribution is 2.29. The van der Waals surface area contributed by atoms with Gasteiger partial charge in [0.25, 0.3) is 0 Å². The molecule has 0 aliphatic heterocycles. The predicted molar refractivity (Wildman–Crippen MR) is 88.1 cm³/mol. The first-order valence-electron chi connectivity index (χ1n) is 7.28. The van der Waals surface area contributed by atoms with E-state index in [-0.39, 0.29) is 11.5 Å². The van der Waals surface area contributed by atoms with Gasteiger partial charge in [-0.2, -0.15) is 0 Å². The lowest BCUT2D eigenvalue weighted by Crippen LogP contribution is -1.87. The molecule has 2 N–H and O–H groups in total.